The average Bonchev–Trinajstić information content (AvgIpc) is 2.73. The number of nitrogens with one attached hydrogen (secondary N) is 1. The predicted octanol–water partition coefficient (Wildman–Crippen LogP) is 2.53. The van der Waals surface area contributed by atoms with Gasteiger partial charge in [0, 0.05) is 36.6 Å². The Morgan fingerprint density at radius 1 is 1.17 bits per heavy atom. The van der Waals surface area contributed by atoms with Gasteiger partial charge in [-0.2, -0.15) is 0 Å². The zero-order valence-corrected chi connectivity index (χ0v) is 10.2. The van der Waals surface area contributed by atoms with E-state index in [-0.39, 0.29) is 5.43 Å². The maximum atomic E-state index is 11.3. The number of hydrogen-bond donors (Lipinski definition) is 1. The van der Waals surface area contributed by atoms with Crippen LogP contribution in [0.4, 0.5) is 0 Å². The van der Waals surface area contributed by atoms with Crippen LogP contribution in [0.5, 0.6) is 0 Å². The van der Waals surface area contributed by atoms with Crippen LogP contribution in [0.2, 0.25) is 0 Å². The normalized spacial score (nSPS) is 10.9. The third-order valence-electron chi connectivity index (χ3n) is 3.06. The van der Waals surface area contributed by atoms with E-state index in [1.54, 1.807) is 18.3 Å². The van der Waals surface area contributed by atoms with Crippen LogP contribution in [0.15, 0.2) is 53.6 Å². The lowest BCUT2D eigenvalue weighted by atomic mass is 10.1. The first-order valence-corrected chi connectivity index (χ1v) is 5.96. The molecule has 0 saturated heterocycles. The van der Waals surface area contributed by atoms with Gasteiger partial charge < -0.3 is 9.38 Å². The number of imidazole rings is 1. The summed E-state index contributed by atoms with van der Waals surface area (Å²) in [7, 11) is 0. The second-order valence-electron chi connectivity index (χ2n) is 4.60. The van der Waals surface area contributed by atoms with Crippen molar-refractivity contribution in [3.8, 4) is 0 Å². The minimum absolute atomic E-state index is 0.0266. The van der Waals surface area contributed by atoms with Crippen molar-refractivity contribution in [2.75, 3.05) is 0 Å². The maximum Gasteiger partial charge on any atom is 0.183 e. The molecule has 0 fully saturated rings. The molecule has 1 N–H and O–H groups in total. The number of rotatable bonds is 2. The number of H-pyrrole nitrogens is 1. The standard InChI is InChI=1S/C15H14N2O/c1-11-2-4-12(5-3-11)8-13-10-17-7-6-14(18)9-15(17)16-13/h2-7,9-10,16H,8H2,1H3. The Morgan fingerprint density at radius 3 is 2.72 bits per heavy atom. The molecule has 18 heavy (non-hydrogen) atoms. The number of aromatic nitrogens is 2. The number of pyridine rings is 1. The summed E-state index contributed by atoms with van der Waals surface area (Å²) >= 11 is 0. The summed E-state index contributed by atoms with van der Waals surface area (Å²) in [6.07, 6.45) is 4.65. The summed E-state index contributed by atoms with van der Waals surface area (Å²) in [4.78, 5) is 14.5. The average molecular weight is 238 g/mol. The Labute approximate surface area is 105 Å². The molecule has 0 atom stereocenters. The molecule has 0 amide bonds. The molecule has 90 valence electrons. The molecular formula is C15H14N2O. The lowest BCUT2D eigenvalue weighted by Crippen LogP contribution is -1.97. The highest BCUT2D eigenvalue weighted by molar-refractivity contribution is 5.40. The summed E-state index contributed by atoms with van der Waals surface area (Å²) in [6.45, 7) is 2.08. The highest BCUT2D eigenvalue weighted by atomic mass is 16.1. The summed E-state index contributed by atoms with van der Waals surface area (Å²) in [5.74, 6) is 0. The van der Waals surface area contributed by atoms with Crippen LogP contribution in [0.1, 0.15) is 16.8 Å². The molecule has 3 nitrogen and oxygen atoms in total. The first-order chi connectivity index (χ1) is 8.70. The van der Waals surface area contributed by atoms with E-state index in [1.807, 2.05) is 10.6 Å². The molecule has 0 aliphatic rings. The Balaban J connectivity index is 1.95. The molecule has 0 saturated carbocycles. The van der Waals surface area contributed by atoms with Gasteiger partial charge in [0.25, 0.3) is 0 Å². The van der Waals surface area contributed by atoms with Gasteiger partial charge in [-0.3, -0.25) is 4.79 Å². The summed E-state index contributed by atoms with van der Waals surface area (Å²) < 4.78 is 1.94. The van der Waals surface area contributed by atoms with Crippen molar-refractivity contribution in [1.29, 1.82) is 0 Å². The Hall–Kier alpha value is -2.29. The van der Waals surface area contributed by atoms with Crippen LogP contribution in [0.3, 0.4) is 0 Å². The second-order valence-corrected chi connectivity index (χ2v) is 4.60. The van der Waals surface area contributed by atoms with Crippen LogP contribution < -0.4 is 5.43 Å². The predicted molar refractivity (Wildman–Crippen MR) is 72.0 cm³/mol. The Kier molecular flexibility index (Phi) is 2.52. The molecule has 0 unspecified atom stereocenters. The fourth-order valence-corrected chi connectivity index (χ4v) is 2.09. The van der Waals surface area contributed by atoms with Crippen molar-refractivity contribution in [2.45, 2.75) is 13.3 Å². The maximum absolute atomic E-state index is 11.3. The molecule has 0 aliphatic carbocycles. The number of fused-ring (bicyclic) bond motifs is 1. The van der Waals surface area contributed by atoms with Gasteiger partial charge in [-0.25, -0.2) is 0 Å². The third-order valence-corrected chi connectivity index (χ3v) is 3.06. The summed E-state index contributed by atoms with van der Waals surface area (Å²) in [6, 6.07) is 11.7. The van der Waals surface area contributed by atoms with Crippen LogP contribution >= 0.6 is 0 Å². The molecule has 3 rings (SSSR count). The first-order valence-electron chi connectivity index (χ1n) is 5.96. The van der Waals surface area contributed by atoms with Crippen LogP contribution in [-0.2, 0) is 6.42 Å². The lowest BCUT2D eigenvalue weighted by Gasteiger charge is -1.99. The van der Waals surface area contributed by atoms with Gasteiger partial charge in [0.05, 0.1) is 0 Å². The minimum Gasteiger partial charge on any atom is -0.343 e. The van der Waals surface area contributed by atoms with Gasteiger partial charge in [0.15, 0.2) is 5.43 Å². The van der Waals surface area contributed by atoms with Crippen molar-refractivity contribution in [3.05, 3.63) is 75.8 Å². The Bertz CT molecular complexity index is 735. The zero-order chi connectivity index (χ0) is 12.5. The van der Waals surface area contributed by atoms with E-state index in [0.717, 1.165) is 17.8 Å². The fraction of sp³-hybridized carbons (Fsp3) is 0.133. The molecule has 1 aromatic carbocycles. The van der Waals surface area contributed by atoms with E-state index in [9.17, 15) is 4.79 Å². The molecule has 2 heterocycles. The molecular weight excluding hydrogens is 224 g/mol. The van der Waals surface area contributed by atoms with E-state index in [2.05, 4.69) is 36.2 Å². The highest BCUT2D eigenvalue weighted by Gasteiger charge is 2.01. The molecule has 0 radical (unpaired) electrons. The van der Waals surface area contributed by atoms with Gasteiger partial charge in [-0.15, -0.1) is 0 Å². The number of nitrogens with zero attached hydrogens (tertiary/aromatic N) is 1. The van der Waals surface area contributed by atoms with Crippen molar-refractivity contribution in [3.63, 3.8) is 0 Å². The van der Waals surface area contributed by atoms with E-state index >= 15 is 0 Å². The van der Waals surface area contributed by atoms with Crippen molar-refractivity contribution < 1.29 is 0 Å². The first kappa shape index (κ1) is 10.8. The molecule has 3 aromatic rings. The van der Waals surface area contributed by atoms with E-state index < -0.39 is 0 Å². The van der Waals surface area contributed by atoms with Crippen molar-refractivity contribution in [2.24, 2.45) is 0 Å². The van der Waals surface area contributed by atoms with Crippen molar-refractivity contribution >= 4 is 5.65 Å². The zero-order valence-electron chi connectivity index (χ0n) is 10.2. The quantitative estimate of drug-likeness (QED) is 0.732. The largest absolute Gasteiger partial charge is 0.343 e. The van der Waals surface area contributed by atoms with E-state index in [1.165, 1.54) is 11.1 Å². The number of aromatic amines is 1. The summed E-state index contributed by atoms with van der Waals surface area (Å²) in [5, 5.41) is 0. The van der Waals surface area contributed by atoms with Crippen LogP contribution in [-0.4, -0.2) is 9.38 Å². The van der Waals surface area contributed by atoms with Gasteiger partial charge >= 0.3 is 0 Å². The van der Waals surface area contributed by atoms with Gasteiger partial charge in [0.1, 0.15) is 5.65 Å². The molecule has 0 aliphatic heterocycles. The fourth-order valence-electron chi connectivity index (χ4n) is 2.09. The minimum atomic E-state index is 0.0266. The van der Waals surface area contributed by atoms with Crippen molar-refractivity contribution in [1.82, 2.24) is 9.38 Å². The number of hydrogen-bond acceptors (Lipinski definition) is 1. The highest BCUT2D eigenvalue weighted by Crippen LogP contribution is 2.10. The molecule has 0 spiro atoms. The van der Waals surface area contributed by atoms with Gasteiger partial charge in [0.2, 0.25) is 0 Å². The summed E-state index contributed by atoms with van der Waals surface area (Å²) in [5.41, 5.74) is 4.49. The lowest BCUT2D eigenvalue weighted by molar-refractivity contribution is 1.11. The van der Waals surface area contributed by atoms with Crippen LogP contribution in [0.25, 0.3) is 5.65 Å². The van der Waals surface area contributed by atoms with Gasteiger partial charge in [-0.05, 0) is 12.5 Å². The van der Waals surface area contributed by atoms with E-state index in [0.29, 0.717) is 0 Å². The number of aryl methyl sites for hydroxylation is 1. The SMILES string of the molecule is Cc1ccc(Cc2cn3ccc(=O)cc3[nH]2)cc1. The van der Waals surface area contributed by atoms with Gasteiger partial charge in [-0.1, -0.05) is 29.8 Å². The molecule has 3 heteroatoms. The monoisotopic (exact) mass is 238 g/mol. The Morgan fingerprint density at radius 2 is 1.94 bits per heavy atom. The second kappa shape index (κ2) is 4.18. The number of benzene rings is 1. The van der Waals surface area contributed by atoms with E-state index in [4.69, 9.17) is 0 Å². The topological polar surface area (TPSA) is 37.3 Å². The third kappa shape index (κ3) is 2.07. The molecule has 0 bridgehead atoms. The van der Waals surface area contributed by atoms with Crippen LogP contribution in [0, 0.1) is 6.92 Å². The smallest absolute Gasteiger partial charge is 0.183 e. The molecule has 2 aromatic heterocycles.